The third-order valence-electron chi connectivity index (χ3n) is 4.01. The van der Waals surface area contributed by atoms with Gasteiger partial charge in [0, 0.05) is 11.3 Å². The zero-order valence-corrected chi connectivity index (χ0v) is 17.7. The van der Waals surface area contributed by atoms with Crippen LogP contribution in [0.4, 0.5) is 0 Å². The van der Waals surface area contributed by atoms with Crippen molar-refractivity contribution in [2.45, 2.75) is 50.3 Å². The van der Waals surface area contributed by atoms with Crippen LogP contribution in [0.25, 0.3) is 11.1 Å². The van der Waals surface area contributed by atoms with Crippen LogP contribution in [-0.4, -0.2) is 28.5 Å². The molecule has 7 heteroatoms. The van der Waals surface area contributed by atoms with E-state index in [2.05, 4.69) is 10.3 Å². The largest absolute Gasteiger partial charge is 0.449 e. The minimum atomic E-state index is -0.889. The van der Waals surface area contributed by atoms with Crippen LogP contribution >= 0.6 is 11.8 Å². The first-order valence-electron chi connectivity index (χ1n) is 9.32. The first-order chi connectivity index (χ1) is 13.7. The normalized spacial score (nSPS) is 12.6. The van der Waals surface area contributed by atoms with Gasteiger partial charge < -0.3 is 14.5 Å². The van der Waals surface area contributed by atoms with E-state index in [1.807, 2.05) is 57.2 Å². The van der Waals surface area contributed by atoms with Crippen LogP contribution in [0.1, 0.15) is 43.6 Å². The number of ether oxygens (including phenoxy) is 1. The first-order valence-corrected chi connectivity index (χ1v) is 10.3. The molecule has 29 heavy (non-hydrogen) atoms. The minimum Gasteiger partial charge on any atom is -0.449 e. The highest BCUT2D eigenvalue weighted by atomic mass is 32.2. The van der Waals surface area contributed by atoms with Crippen LogP contribution in [0.2, 0.25) is 0 Å². The Labute approximate surface area is 174 Å². The summed E-state index contributed by atoms with van der Waals surface area (Å²) >= 11 is 1.40. The molecule has 0 aliphatic heterocycles. The third-order valence-corrected chi connectivity index (χ3v) is 4.89. The van der Waals surface area contributed by atoms with Gasteiger partial charge in [-0.3, -0.25) is 4.79 Å². The summed E-state index contributed by atoms with van der Waals surface area (Å²) in [4.78, 5) is 29.3. The Hall–Kier alpha value is -2.80. The number of nitrogens with zero attached hydrogens (tertiary/aromatic N) is 1. The molecule has 0 radical (unpaired) electrons. The number of hydrogen-bond acceptors (Lipinski definition) is 6. The zero-order chi connectivity index (χ0) is 21.0. The van der Waals surface area contributed by atoms with Gasteiger partial charge in [-0.2, -0.15) is 0 Å². The number of thioether (sulfide) groups is 1. The molecule has 0 aliphatic rings. The van der Waals surface area contributed by atoms with Gasteiger partial charge in [-0.15, -0.1) is 0 Å². The van der Waals surface area contributed by atoms with Gasteiger partial charge >= 0.3 is 5.97 Å². The highest BCUT2D eigenvalue weighted by molar-refractivity contribution is 7.98. The van der Waals surface area contributed by atoms with Crippen molar-refractivity contribution in [2.24, 2.45) is 0 Å². The number of nitrogens with one attached hydrogen (secondary N) is 1. The SMILES string of the molecule is C[C@H](OC(=O)c1ccccc1CSc1nc2ccccc2o1)C(=O)NC(C)(C)C. The maximum atomic E-state index is 12.6. The summed E-state index contributed by atoms with van der Waals surface area (Å²) in [5.74, 6) is -0.375. The Morgan fingerprint density at radius 3 is 2.55 bits per heavy atom. The molecule has 0 fully saturated rings. The van der Waals surface area contributed by atoms with Crippen molar-refractivity contribution in [3.63, 3.8) is 0 Å². The molecule has 3 rings (SSSR count). The molecular formula is C22H24N2O4S. The summed E-state index contributed by atoms with van der Waals surface area (Å²) in [7, 11) is 0. The number of fused-ring (bicyclic) bond motifs is 1. The van der Waals surface area contributed by atoms with Gasteiger partial charge in [0.25, 0.3) is 11.1 Å². The summed E-state index contributed by atoms with van der Waals surface area (Å²) in [5.41, 5.74) is 2.33. The van der Waals surface area contributed by atoms with Crippen LogP contribution in [0.15, 0.2) is 58.2 Å². The standard InChI is InChI=1S/C22H24N2O4S/c1-14(19(25)24-22(2,3)4)27-20(26)16-10-6-5-9-15(16)13-29-21-23-17-11-7-8-12-18(17)28-21/h5-12,14H,13H2,1-4H3,(H,24,25)/t14-/m0/s1. The summed E-state index contributed by atoms with van der Waals surface area (Å²) in [6, 6.07) is 14.7. The summed E-state index contributed by atoms with van der Waals surface area (Å²) in [6.07, 6.45) is -0.889. The number of hydrogen-bond donors (Lipinski definition) is 1. The fraction of sp³-hybridized carbons (Fsp3) is 0.318. The van der Waals surface area contributed by atoms with Crippen molar-refractivity contribution >= 4 is 34.7 Å². The smallest absolute Gasteiger partial charge is 0.339 e. The molecule has 2 aromatic carbocycles. The van der Waals surface area contributed by atoms with Crippen LogP contribution in [-0.2, 0) is 15.3 Å². The highest BCUT2D eigenvalue weighted by Gasteiger charge is 2.24. The van der Waals surface area contributed by atoms with Gasteiger partial charge in [-0.25, -0.2) is 9.78 Å². The van der Waals surface area contributed by atoms with Gasteiger partial charge in [0.1, 0.15) is 5.52 Å². The Balaban J connectivity index is 1.67. The number of amides is 1. The lowest BCUT2D eigenvalue weighted by Gasteiger charge is -2.23. The van der Waals surface area contributed by atoms with Crippen molar-refractivity contribution in [1.29, 1.82) is 0 Å². The van der Waals surface area contributed by atoms with Gasteiger partial charge in [0.05, 0.1) is 5.56 Å². The Bertz CT molecular complexity index is 990. The molecule has 1 heterocycles. The zero-order valence-electron chi connectivity index (χ0n) is 16.9. The molecule has 0 saturated carbocycles. The highest BCUT2D eigenvalue weighted by Crippen LogP contribution is 2.27. The van der Waals surface area contributed by atoms with Gasteiger partial charge in [0.2, 0.25) is 0 Å². The monoisotopic (exact) mass is 412 g/mol. The van der Waals surface area contributed by atoms with E-state index < -0.39 is 17.6 Å². The molecular weight excluding hydrogens is 388 g/mol. The lowest BCUT2D eigenvalue weighted by Crippen LogP contribution is -2.46. The number of carbonyl (C=O) groups excluding carboxylic acids is 2. The van der Waals surface area contributed by atoms with Crippen molar-refractivity contribution in [3.8, 4) is 0 Å². The van der Waals surface area contributed by atoms with Crippen LogP contribution in [0, 0.1) is 0 Å². The maximum Gasteiger partial charge on any atom is 0.339 e. The number of carbonyl (C=O) groups is 2. The molecule has 0 unspecified atom stereocenters. The van der Waals surface area contributed by atoms with Crippen molar-refractivity contribution in [3.05, 3.63) is 59.7 Å². The van der Waals surface area contributed by atoms with Crippen LogP contribution in [0.5, 0.6) is 0 Å². The Morgan fingerprint density at radius 2 is 1.83 bits per heavy atom. The first kappa shape index (κ1) is 20.9. The van der Waals surface area contributed by atoms with Crippen molar-refractivity contribution < 1.29 is 18.7 Å². The molecule has 0 aliphatic carbocycles. The van der Waals surface area contributed by atoms with Crippen molar-refractivity contribution in [1.82, 2.24) is 10.3 Å². The fourth-order valence-electron chi connectivity index (χ4n) is 2.65. The van der Waals surface area contributed by atoms with E-state index in [0.717, 1.165) is 16.7 Å². The van der Waals surface area contributed by atoms with E-state index in [9.17, 15) is 9.59 Å². The number of benzene rings is 2. The number of aromatic nitrogens is 1. The third kappa shape index (κ3) is 5.60. The predicted molar refractivity (Wildman–Crippen MR) is 113 cm³/mol. The molecule has 1 atom stereocenters. The molecule has 152 valence electrons. The second kappa shape index (κ2) is 8.69. The lowest BCUT2D eigenvalue weighted by molar-refractivity contribution is -0.130. The molecule has 1 amide bonds. The lowest BCUT2D eigenvalue weighted by atomic mass is 10.1. The van der Waals surface area contributed by atoms with E-state index in [1.54, 1.807) is 19.1 Å². The Kier molecular flexibility index (Phi) is 6.27. The average Bonchev–Trinajstić information content (AvgIpc) is 3.08. The molecule has 0 saturated heterocycles. The van der Waals surface area contributed by atoms with Crippen molar-refractivity contribution in [2.75, 3.05) is 0 Å². The second-order valence-corrected chi connectivity index (χ2v) is 8.61. The van der Waals surface area contributed by atoms with Crippen LogP contribution < -0.4 is 5.32 Å². The van der Waals surface area contributed by atoms with E-state index in [4.69, 9.17) is 9.15 Å². The van der Waals surface area contributed by atoms with Gasteiger partial charge in [-0.05, 0) is 51.5 Å². The van der Waals surface area contributed by atoms with E-state index in [1.165, 1.54) is 11.8 Å². The molecule has 0 bridgehead atoms. The van der Waals surface area contributed by atoms with Gasteiger partial charge in [-0.1, -0.05) is 42.1 Å². The number of rotatable bonds is 6. The quantitative estimate of drug-likeness (QED) is 0.471. The topological polar surface area (TPSA) is 81.4 Å². The predicted octanol–water partition coefficient (Wildman–Crippen LogP) is 4.58. The van der Waals surface area contributed by atoms with E-state index in [-0.39, 0.29) is 5.91 Å². The summed E-state index contributed by atoms with van der Waals surface area (Å²) < 4.78 is 11.1. The molecule has 1 N–H and O–H groups in total. The molecule has 3 aromatic rings. The molecule has 0 spiro atoms. The molecule has 6 nitrogen and oxygen atoms in total. The minimum absolute atomic E-state index is 0.329. The van der Waals surface area contributed by atoms with E-state index in [0.29, 0.717) is 16.5 Å². The average molecular weight is 413 g/mol. The fourth-order valence-corrected chi connectivity index (χ4v) is 3.49. The summed E-state index contributed by atoms with van der Waals surface area (Å²) in [5, 5.41) is 3.34. The molecule has 1 aromatic heterocycles. The number of oxazole rings is 1. The number of esters is 1. The number of para-hydroxylation sites is 2. The van der Waals surface area contributed by atoms with E-state index >= 15 is 0 Å². The maximum absolute atomic E-state index is 12.6. The van der Waals surface area contributed by atoms with Gasteiger partial charge in [0.15, 0.2) is 11.7 Å². The van der Waals surface area contributed by atoms with Crippen LogP contribution in [0.3, 0.4) is 0 Å². The second-order valence-electron chi connectivity index (χ2n) is 7.68. The Morgan fingerprint density at radius 1 is 1.14 bits per heavy atom. The summed E-state index contributed by atoms with van der Waals surface area (Å²) in [6.45, 7) is 7.18.